The average Bonchev–Trinajstić information content (AvgIpc) is 2.80. The molecule has 2 rings (SSSR count). The minimum Gasteiger partial charge on any atom is -0.463 e. The molecule has 1 unspecified atom stereocenters. The first kappa shape index (κ1) is 15.5. The Hall–Kier alpha value is -1.92. The van der Waals surface area contributed by atoms with E-state index in [1.165, 1.54) is 12.1 Å². The highest BCUT2D eigenvalue weighted by Gasteiger charge is 2.30. The van der Waals surface area contributed by atoms with Crippen LogP contribution in [-0.2, 0) is 10.9 Å². The molecule has 0 aliphatic carbocycles. The lowest BCUT2D eigenvalue weighted by Crippen LogP contribution is -2.37. The molecule has 116 valence electrons. The Kier molecular flexibility index (Phi) is 4.29. The molecule has 4 nitrogen and oxygen atoms in total. The van der Waals surface area contributed by atoms with Crippen molar-refractivity contribution >= 4 is 11.7 Å². The van der Waals surface area contributed by atoms with Gasteiger partial charge in [-0.1, -0.05) is 0 Å². The molecule has 0 aromatic heterocycles. The number of hydrogen-bond donors (Lipinski definition) is 1. The number of alkyl halides is 3. The molecule has 0 bridgehead atoms. The molecule has 0 fully saturated rings. The maximum atomic E-state index is 12.6. The number of nitrogens with two attached hydrogens (primary N) is 1. The molecule has 0 saturated carbocycles. The molecule has 1 atom stereocenters. The van der Waals surface area contributed by atoms with E-state index in [1.807, 2.05) is 18.7 Å². The van der Waals surface area contributed by atoms with Gasteiger partial charge in [-0.3, -0.25) is 0 Å². The molecule has 1 aromatic rings. The molecule has 1 heterocycles. The van der Waals surface area contributed by atoms with Crippen LogP contribution in [0.5, 0.6) is 0 Å². The van der Waals surface area contributed by atoms with Crippen LogP contribution in [0.4, 0.5) is 18.9 Å². The van der Waals surface area contributed by atoms with E-state index >= 15 is 0 Å². The van der Waals surface area contributed by atoms with Crippen molar-refractivity contribution in [3.63, 3.8) is 0 Å². The summed E-state index contributed by atoms with van der Waals surface area (Å²) in [6.45, 7) is 4.89. The molecule has 2 N–H and O–H groups in total. The van der Waals surface area contributed by atoms with E-state index in [2.05, 4.69) is 4.99 Å². The van der Waals surface area contributed by atoms with Crippen molar-refractivity contribution in [1.29, 1.82) is 0 Å². The van der Waals surface area contributed by atoms with Crippen LogP contribution < -0.4 is 10.6 Å². The first-order chi connectivity index (χ1) is 9.77. The highest BCUT2D eigenvalue weighted by Crippen LogP contribution is 2.31. The zero-order valence-electron chi connectivity index (χ0n) is 11.9. The Bertz CT molecular complexity index is 511. The number of aliphatic imine (C=N–C) groups is 1. The van der Waals surface area contributed by atoms with Crippen molar-refractivity contribution in [3.05, 3.63) is 29.8 Å². The molecular formula is C14H18F3N3O. The van der Waals surface area contributed by atoms with Crippen molar-refractivity contribution in [2.75, 3.05) is 18.1 Å². The second-order valence-corrected chi connectivity index (χ2v) is 5.22. The quantitative estimate of drug-likeness (QED) is 0.930. The monoisotopic (exact) mass is 301 g/mol. The van der Waals surface area contributed by atoms with Crippen LogP contribution in [0, 0.1) is 0 Å². The summed E-state index contributed by atoms with van der Waals surface area (Å²) < 4.78 is 42.9. The first-order valence-corrected chi connectivity index (χ1v) is 6.67. The van der Waals surface area contributed by atoms with Gasteiger partial charge in [0.1, 0.15) is 12.6 Å². The van der Waals surface area contributed by atoms with Crippen molar-refractivity contribution in [2.24, 2.45) is 10.7 Å². The van der Waals surface area contributed by atoms with E-state index < -0.39 is 11.7 Å². The SMILES string of the molecule is CC(C)N(CC1COC(N)=N1)c1ccc(C(F)(F)F)cc1. The van der Waals surface area contributed by atoms with E-state index in [-0.39, 0.29) is 18.1 Å². The summed E-state index contributed by atoms with van der Waals surface area (Å²) in [5, 5.41) is 0. The second kappa shape index (κ2) is 5.83. The number of hydrogen-bond acceptors (Lipinski definition) is 4. The zero-order valence-corrected chi connectivity index (χ0v) is 11.9. The number of nitrogens with zero attached hydrogens (tertiary/aromatic N) is 2. The van der Waals surface area contributed by atoms with Gasteiger partial charge in [-0.15, -0.1) is 0 Å². The summed E-state index contributed by atoms with van der Waals surface area (Å²) in [6.07, 6.45) is -4.32. The largest absolute Gasteiger partial charge is 0.463 e. The van der Waals surface area contributed by atoms with Gasteiger partial charge in [-0.05, 0) is 38.1 Å². The molecule has 21 heavy (non-hydrogen) atoms. The molecule has 0 amide bonds. The van der Waals surface area contributed by atoms with Crippen LogP contribution in [-0.4, -0.2) is 31.3 Å². The number of amidine groups is 1. The van der Waals surface area contributed by atoms with Crippen LogP contribution in [0.1, 0.15) is 19.4 Å². The number of rotatable bonds is 4. The highest BCUT2D eigenvalue weighted by molar-refractivity contribution is 5.73. The molecule has 0 spiro atoms. The van der Waals surface area contributed by atoms with Gasteiger partial charge < -0.3 is 15.4 Å². The fourth-order valence-corrected chi connectivity index (χ4v) is 2.21. The lowest BCUT2D eigenvalue weighted by Gasteiger charge is -2.30. The third-order valence-electron chi connectivity index (χ3n) is 3.29. The first-order valence-electron chi connectivity index (χ1n) is 6.67. The Balaban J connectivity index is 2.15. The summed E-state index contributed by atoms with van der Waals surface area (Å²) in [4.78, 5) is 6.13. The van der Waals surface area contributed by atoms with E-state index in [0.29, 0.717) is 13.2 Å². The summed E-state index contributed by atoms with van der Waals surface area (Å²) in [7, 11) is 0. The smallest absolute Gasteiger partial charge is 0.416 e. The van der Waals surface area contributed by atoms with Gasteiger partial charge >= 0.3 is 6.18 Å². The summed E-state index contributed by atoms with van der Waals surface area (Å²) in [5.41, 5.74) is 5.54. The Morgan fingerprint density at radius 2 is 1.95 bits per heavy atom. The molecule has 0 radical (unpaired) electrons. The fraction of sp³-hybridized carbons (Fsp3) is 0.500. The van der Waals surface area contributed by atoms with Crippen LogP contribution in [0.25, 0.3) is 0 Å². The van der Waals surface area contributed by atoms with Gasteiger partial charge in [0.25, 0.3) is 6.02 Å². The lowest BCUT2D eigenvalue weighted by molar-refractivity contribution is -0.137. The van der Waals surface area contributed by atoms with Crippen molar-refractivity contribution in [2.45, 2.75) is 32.1 Å². The van der Waals surface area contributed by atoms with Crippen LogP contribution in [0.3, 0.4) is 0 Å². The predicted octanol–water partition coefficient (Wildman–Crippen LogP) is 2.63. The Morgan fingerprint density at radius 3 is 2.38 bits per heavy atom. The maximum absolute atomic E-state index is 12.6. The van der Waals surface area contributed by atoms with Crippen LogP contribution >= 0.6 is 0 Å². The van der Waals surface area contributed by atoms with E-state index in [0.717, 1.165) is 17.8 Å². The normalized spacial score (nSPS) is 18.6. The van der Waals surface area contributed by atoms with Gasteiger partial charge in [-0.2, -0.15) is 13.2 Å². The Morgan fingerprint density at radius 1 is 1.33 bits per heavy atom. The number of halogens is 3. The molecule has 1 aromatic carbocycles. The maximum Gasteiger partial charge on any atom is 0.416 e. The third-order valence-corrected chi connectivity index (χ3v) is 3.29. The predicted molar refractivity (Wildman–Crippen MR) is 75.3 cm³/mol. The minimum atomic E-state index is -4.32. The van der Waals surface area contributed by atoms with Gasteiger partial charge in [0.2, 0.25) is 0 Å². The van der Waals surface area contributed by atoms with Crippen molar-refractivity contribution in [3.8, 4) is 0 Å². The fourth-order valence-electron chi connectivity index (χ4n) is 2.21. The molecular weight excluding hydrogens is 283 g/mol. The average molecular weight is 301 g/mol. The summed E-state index contributed by atoms with van der Waals surface area (Å²) in [5.74, 6) is 0. The van der Waals surface area contributed by atoms with Gasteiger partial charge in [0.15, 0.2) is 0 Å². The third kappa shape index (κ3) is 3.80. The van der Waals surface area contributed by atoms with Crippen molar-refractivity contribution in [1.82, 2.24) is 0 Å². The minimum absolute atomic E-state index is 0.102. The molecule has 1 aliphatic heterocycles. The van der Waals surface area contributed by atoms with Crippen LogP contribution in [0.15, 0.2) is 29.3 Å². The van der Waals surface area contributed by atoms with E-state index in [1.54, 1.807) is 0 Å². The number of benzene rings is 1. The molecule has 7 heteroatoms. The molecule has 0 saturated heterocycles. The van der Waals surface area contributed by atoms with Gasteiger partial charge in [0.05, 0.1) is 5.56 Å². The van der Waals surface area contributed by atoms with Crippen LogP contribution in [0.2, 0.25) is 0 Å². The molecule has 1 aliphatic rings. The zero-order chi connectivity index (χ0) is 15.6. The van der Waals surface area contributed by atoms with Gasteiger partial charge in [-0.25, -0.2) is 4.99 Å². The lowest BCUT2D eigenvalue weighted by atomic mass is 10.1. The number of anilines is 1. The van der Waals surface area contributed by atoms with E-state index in [4.69, 9.17) is 10.5 Å². The standard InChI is InChI=1S/C14H18F3N3O/c1-9(2)20(7-11-8-21-13(18)19-11)12-5-3-10(4-6-12)14(15,16)17/h3-6,9,11H,7-8H2,1-2H3,(H2,18,19). The van der Waals surface area contributed by atoms with Crippen molar-refractivity contribution < 1.29 is 17.9 Å². The van der Waals surface area contributed by atoms with Gasteiger partial charge in [0, 0.05) is 18.3 Å². The summed E-state index contributed by atoms with van der Waals surface area (Å²) >= 11 is 0. The topological polar surface area (TPSA) is 50.9 Å². The Labute approximate surface area is 121 Å². The highest BCUT2D eigenvalue weighted by atomic mass is 19.4. The number of ether oxygens (including phenoxy) is 1. The summed E-state index contributed by atoms with van der Waals surface area (Å²) in [6, 6.07) is 5.32. The van der Waals surface area contributed by atoms with E-state index in [9.17, 15) is 13.2 Å². The second-order valence-electron chi connectivity index (χ2n) is 5.22.